The van der Waals surface area contributed by atoms with Gasteiger partial charge in [0.15, 0.2) is 6.61 Å². The van der Waals surface area contributed by atoms with Crippen molar-refractivity contribution in [2.24, 2.45) is 0 Å². The van der Waals surface area contributed by atoms with Crippen molar-refractivity contribution in [1.29, 1.82) is 0 Å². The molecule has 1 aliphatic heterocycles. The van der Waals surface area contributed by atoms with E-state index in [1.165, 1.54) is 32.1 Å². The van der Waals surface area contributed by atoms with Gasteiger partial charge in [0.1, 0.15) is 12.0 Å². The van der Waals surface area contributed by atoms with Crippen molar-refractivity contribution in [3.05, 3.63) is 52.6 Å². The molecule has 2 amide bonds. The lowest BCUT2D eigenvalue weighted by atomic mass is 10.2. The van der Waals surface area contributed by atoms with Crippen LogP contribution in [0, 0.1) is 0 Å². The molecule has 0 aliphatic carbocycles. The normalized spacial score (nSPS) is 14.6. The van der Waals surface area contributed by atoms with Gasteiger partial charge in [-0.25, -0.2) is 0 Å². The minimum Gasteiger partial charge on any atom is -0.477 e. The van der Waals surface area contributed by atoms with E-state index in [1.807, 2.05) is 0 Å². The second-order valence-electron chi connectivity index (χ2n) is 7.36. The second-order valence-corrected chi connectivity index (χ2v) is 7.36. The van der Waals surface area contributed by atoms with Crippen molar-refractivity contribution in [2.45, 2.75) is 39.2 Å². The lowest BCUT2D eigenvalue weighted by Gasteiger charge is -2.18. The lowest BCUT2D eigenvalue weighted by Crippen LogP contribution is -2.25. The highest BCUT2D eigenvalue weighted by Gasteiger charge is 2.13. The average molecular weight is 413 g/mol. The topological polar surface area (TPSA) is 101 Å². The standard InChI is InChI=1S/C22H27N3O5/c1-16(26)23-17-6-8-18(9-7-17)24-22(28)15-30-21-14-29-19(12-20(21)27)13-25-10-4-2-3-5-11-25/h6-9,12,14H,2-5,10-11,13,15H2,1H3,(H,23,26)(H,24,28). The largest absolute Gasteiger partial charge is 0.477 e. The molecule has 0 bridgehead atoms. The molecule has 2 N–H and O–H groups in total. The number of benzene rings is 1. The van der Waals surface area contributed by atoms with Crippen molar-refractivity contribution >= 4 is 23.2 Å². The summed E-state index contributed by atoms with van der Waals surface area (Å²) >= 11 is 0. The first-order valence-corrected chi connectivity index (χ1v) is 10.1. The van der Waals surface area contributed by atoms with Crippen molar-refractivity contribution in [3.8, 4) is 5.75 Å². The molecule has 1 aromatic carbocycles. The Morgan fingerprint density at radius 1 is 1.03 bits per heavy atom. The van der Waals surface area contributed by atoms with Crippen LogP contribution in [0.4, 0.5) is 11.4 Å². The van der Waals surface area contributed by atoms with Gasteiger partial charge in [-0.1, -0.05) is 12.8 Å². The van der Waals surface area contributed by atoms with E-state index in [0.29, 0.717) is 23.7 Å². The number of nitrogens with zero attached hydrogens (tertiary/aromatic N) is 1. The number of likely N-dealkylation sites (tertiary alicyclic amines) is 1. The summed E-state index contributed by atoms with van der Waals surface area (Å²) in [5, 5.41) is 5.31. The summed E-state index contributed by atoms with van der Waals surface area (Å²) in [5.74, 6) is 0.0236. The Morgan fingerprint density at radius 2 is 1.67 bits per heavy atom. The van der Waals surface area contributed by atoms with Crippen LogP contribution in [0.15, 0.2) is 45.8 Å². The zero-order chi connectivity index (χ0) is 21.3. The number of hydrogen-bond acceptors (Lipinski definition) is 6. The number of hydrogen-bond donors (Lipinski definition) is 2. The van der Waals surface area contributed by atoms with Gasteiger partial charge in [0.2, 0.25) is 17.1 Å². The van der Waals surface area contributed by atoms with Crippen LogP contribution in [0.25, 0.3) is 0 Å². The van der Waals surface area contributed by atoms with Gasteiger partial charge in [0.05, 0.1) is 6.54 Å². The number of carbonyl (C=O) groups excluding carboxylic acids is 2. The molecular formula is C22H27N3O5. The Labute approximate surface area is 175 Å². The van der Waals surface area contributed by atoms with Crippen LogP contribution in [0.3, 0.4) is 0 Å². The SMILES string of the molecule is CC(=O)Nc1ccc(NC(=O)COc2coc(CN3CCCCCC3)cc2=O)cc1. The van der Waals surface area contributed by atoms with Crippen molar-refractivity contribution in [1.82, 2.24) is 4.90 Å². The van der Waals surface area contributed by atoms with Gasteiger partial charge in [-0.2, -0.15) is 0 Å². The van der Waals surface area contributed by atoms with E-state index < -0.39 is 5.91 Å². The summed E-state index contributed by atoms with van der Waals surface area (Å²) in [6, 6.07) is 8.11. The molecular weight excluding hydrogens is 386 g/mol. The molecule has 0 saturated carbocycles. The number of nitrogens with one attached hydrogen (secondary N) is 2. The van der Waals surface area contributed by atoms with Crippen LogP contribution in [-0.2, 0) is 16.1 Å². The van der Waals surface area contributed by atoms with E-state index in [2.05, 4.69) is 15.5 Å². The molecule has 2 aromatic rings. The fourth-order valence-corrected chi connectivity index (χ4v) is 3.32. The Hall–Kier alpha value is -3.13. The summed E-state index contributed by atoms with van der Waals surface area (Å²) in [4.78, 5) is 37.7. The Kier molecular flexibility index (Phi) is 7.62. The predicted octanol–water partition coefficient (Wildman–Crippen LogP) is 2.99. The number of ether oxygens (including phenoxy) is 1. The Bertz CT molecular complexity index is 915. The van der Waals surface area contributed by atoms with Gasteiger partial charge in [0, 0.05) is 24.4 Å². The number of rotatable bonds is 7. The van der Waals surface area contributed by atoms with Crippen LogP contribution in [0.5, 0.6) is 5.75 Å². The minimum absolute atomic E-state index is 0.00534. The third-order valence-electron chi connectivity index (χ3n) is 4.78. The van der Waals surface area contributed by atoms with Crippen molar-refractivity contribution in [2.75, 3.05) is 30.3 Å². The molecule has 0 radical (unpaired) electrons. The van der Waals surface area contributed by atoms with Gasteiger partial charge >= 0.3 is 0 Å². The molecule has 1 aromatic heterocycles. The molecule has 8 heteroatoms. The summed E-state index contributed by atoms with van der Waals surface area (Å²) in [7, 11) is 0. The van der Waals surface area contributed by atoms with E-state index in [0.717, 1.165) is 25.9 Å². The number of carbonyl (C=O) groups is 2. The first kappa shape index (κ1) is 21.6. The molecule has 3 rings (SSSR count). The highest BCUT2D eigenvalue weighted by atomic mass is 16.5. The van der Waals surface area contributed by atoms with Crippen LogP contribution < -0.4 is 20.8 Å². The monoisotopic (exact) mass is 413 g/mol. The molecule has 0 atom stereocenters. The highest BCUT2D eigenvalue weighted by molar-refractivity contribution is 5.93. The summed E-state index contributed by atoms with van der Waals surface area (Å²) < 4.78 is 10.9. The highest BCUT2D eigenvalue weighted by Crippen LogP contribution is 2.15. The van der Waals surface area contributed by atoms with E-state index in [4.69, 9.17) is 9.15 Å². The third kappa shape index (κ3) is 6.73. The molecule has 160 valence electrons. The quantitative estimate of drug-likeness (QED) is 0.724. The number of amides is 2. The molecule has 1 saturated heterocycles. The number of anilines is 2. The van der Waals surface area contributed by atoms with E-state index in [-0.39, 0.29) is 23.7 Å². The first-order chi connectivity index (χ1) is 14.5. The predicted molar refractivity (Wildman–Crippen MR) is 114 cm³/mol. The van der Waals surface area contributed by atoms with Crippen LogP contribution in [-0.4, -0.2) is 36.4 Å². The fraction of sp³-hybridized carbons (Fsp3) is 0.409. The molecule has 30 heavy (non-hydrogen) atoms. The maximum atomic E-state index is 12.3. The van der Waals surface area contributed by atoms with Crippen molar-refractivity contribution < 1.29 is 18.7 Å². The second kappa shape index (κ2) is 10.6. The van der Waals surface area contributed by atoms with Crippen LogP contribution in [0.2, 0.25) is 0 Å². The molecule has 8 nitrogen and oxygen atoms in total. The van der Waals surface area contributed by atoms with E-state index in [9.17, 15) is 14.4 Å². The van der Waals surface area contributed by atoms with Gasteiger partial charge in [-0.3, -0.25) is 19.3 Å². The Morgan fingerprint density at radius 3 is 2.27 bits per heavy atom. The summed E-state index contributed by atoms with van der Waals surface area (Å²) in [5.41, 5.74) is 0.880. The maximum Gasteiger partial charge on any atom is 0.262 e. The average Bonchev–Trinajstić information content (AvgIpc) is 2.97. The van der Waals surface area contributed by atoms with E-state index in [1.54, 1.807) is 24.3 Å². The molecule has 0 unspecified atom stereocenters. The van der Waals surface area contributed by atoms with Gasteiger partial charge < -0.3 is 19.8 Å². The molecule has 1 fully saturated rings. The van der Waals surface area contributed by atoms with Crippen molar-refractivity contribution in [3.63, 3.8) is 0 Å². The zero-order valence-corrected chi connectivity index (χ0v) is 17.1. The van der Waals surface area contributed by atoms with Gasteiger partial charge in [-0.15, -0.1) is 0 Å². The molecule has 1 aliphatic rings. The van der Waals surface area contributed by atoms with Gasteiger partial charge in [-0.05, 0) is 50.2 Å². The van der Waals surface area contributed by atoms with Crippen LogP contribution >= 0.6 is 0 Å². The minimum atomic E-state index is -0.407. The van der Waals surface area contributed by atoms with Crippen LogP contribution in [0.1, 0.15) is 38.4 Å². The molecule has 2 heterocycles. The zero-order valence-electron chi connectivity index (χ0n) is 17.1. The molecule has 0 spiro atoms. The maximum absolute atomic E-state index is 12.3. The summed E-state index contributed by atoms with van der Waals surface area (Å²) in [6.07, 6.45) is 6.08. The lowest BCUT2D eigenvalue weighted by molar-refractivity contribution is -0.118. The Balaban J connectivity index is 1.49. The van der Waals surface area contributed by atoms with E-state index >= 15 is 0 Å². The van der Waals surface area contributed by atoms with Gasteiger partial charge in [0.25, 0.3) is 5.91 Å². The summed E-state index contributed by atoms with van der Waals surface area (Å²) in [6.45, 7) is 3.72. The fourth-order valence-electron chi connectivity index (χ4n) is 3.32. The smallest absolute Gasteiger partial charge is 0.262 e. The first-order valence-electron chi connectivity index (χ1n) is 10.1. The third-order valence-corrected chi connectivity index (χ3v) is 4.78.